The maximum absolute atomic E-state index is 12.5. The second kappa shape index (κ2) is 7.37. The Bertz CT molecular complexity index is 831. The summed E-state index contributed by atoms with van der Waals surface area (Å²) in [5.74, 6) is -0.467. The number of methoxy groups -OCH3 is 1. The van der Waals surface area contributed by atoms with Crippen LogP contribution in [0.3, 0.4) is 0 Å². The van der Waals surface area contributed by atoms with Crippen LogP contribution >= 0.6 is 0 Å². The predicted octanol–water partition coefficient (Wildman–Crippen LogP) is 1.57. The maximum atomic E-state index is 12.5. The van der Waals surface area contributed by atoms with Crippen molar-refractivity contribution in [2.24, 2.45) is 0 Å². The Balaban J connectivity index is 1.63. The van der Waals surface area contributed by atoms with Gasteiger partial charge in [-0.1, -0.05) is 17.7 Å². The van der Waals surface area contributed by atoms with Crippen LogP contribution in [0.15, 0.2) is 48.5 Å². The number of aryl methyl sites for hydroxylation is 1. The van der Waals surface area contributed by atoms with Gasteiger partial charge < -0.3 is 4.74 Å². The molecule has 1 aliphatic heterocycles. The SMILES string of the molecule is COc1ccc(C(=O)NN[C@@H]2CC(=O)N(c3ccc(C)cc3)C2=O)cc1. The zero-order valence-corrected chi connectivity index (χ0v) is 14.5. The molecule has 7 heteroatoms. The number of amides is 3. The molecule has 1 aliphatic rings. The fourth-order valence-electron chi connectivity index (χ4n) is 2.68. The van der Waals surface area contributed by atoms with Gasteiger partial charge in [0.25, 0.3) is 11.8 Å². The Hall–Kier alpha value is -3.19. The third kappa shape index (κ3) is 3.57. The zero-order valence-electron chi connectivity index (χ0n) is 14.5. The van der Waals surface area contributed by atoms with Gasteiger partial charge in [-0.2, -0.15) is 0 Å². The topological polar surface area (TPSA) is 87.7 Å². The van der Waals surface area contributed by atoms with E-state index in [0.29, 0.717) is 17.0 Å². The summed E-state index contributed by atoms with van der Waals surface area (Å²) in [6.07, 6.45) is -0.0183. The number of imide groups is 1. The smallest absolute Gasteiger partial charge is 0.265 e. The number of rotatable bonds is 5. The van der Waals surface area contributed by atoms with Crippen molar-refractivity contribution in [3.63, 3.8) is 0 Å². The van der Waals surface area contributed by atoms with Crippen LogP contribution in [0, 0.1) is 6.92 Å². The van der Waals surface area contributed by atoms with E-state index in [1.807, 2.05) is 19.1 Å². The molecule has 0 spiro atoms. The molecule has 0 saturated carbocycles. The number of hydrogen-bond donors (Lipinski definition) is 2. The molecule has 3 rings (SSSR count). The lowest BCUT2D eigenvalue weighted by Crippen LogP contribution is -2.48. The molecule has 26 heavy (non-hydrogen) atoms. The maximum Gasteiger partial charge on any atom is 0.265 e. The van der Waals surface area contributed by atoms with E-state index < -0.39 is 17.9 Å². The Morgan fingerprint density at radius 1 is 1.08 bits per heavy atom. The molecule has 0 aromatic heterocycles. The van der Waals surface area contributed by atoms with E-state index in [4.69, 9.17) is 4.74 Å². The summed E-state index contributed by atoms with van der Waals surface area (Å²) in [6.45, 7) is 1.93. The monoisotopic (exact) mass is 353 g/mol. The van der Waals surface area contributed by atoms with Gasteiger partial charge in [-0.15, -0.1) is 0 Å². The molecule has 2 N–H and O–H groups in total. The fourth-order valence-corrected chi connectivity index (χ4v) is 2.68. The van der Waals surface area contributed by atoms with E-state index in [-0.39, 0.29) is 12.3 Å². The first-order valence-corrected chi connectivity index (χ1v) is 8.13. The molecule has 3 amide bonds. The molecule has 1 atom stereocenters. The van der Waals surface area contributed by atoms with Gasteiger partial charge in [-0.3, -0.25) is 19.8 Å². The number of ether oxygens (including phenoxy) is 1. The Morgan fingerprint density at radius 2 is 1.73 bits per heavy atom. The summed E-state index contributed by atoms with van der Waals surface area (Å²) in [7, 11) is 1.54. The van der Waals surface area contributed by atoms with Crippen molar-refractivity contribution >= 4 is 23.4 Å². The van der Waals surface area contributed by atoms with Crippen LogP contribution in [0.1, 0.15) is 22.3 Å². The van der Waals surface area contributed by atoms with Crippen LogP contribution in [0.25, 0.3) is 0 Å². The van der Waals surface area contributed by atoms with Gasteiger partial charge in [0.2, 0.25) is 5.91 Å². The van der Waals surface area contributed by atoms with E-state index >= 15 is 0 Å². The summed E-state index contributed by atoms with van der Waals surface area (Å²) < 4.78 is 5.04. The first kappa shape index (κ1) is 17.6. The lowest BCUT2D eigenvalue weighted by Gasteiger charge is -2.16. The minimum atomic E-state index is -0.800. The third-order valence-electron chi connectivity index (χ3n) is 4.15. The van der Waals surface area contributed by atoms with Gasteiger partial charge in [0.05, 0.1) is 19.2 Å². The predicted molar refractivity (Wildman–Crippen MR) is 95.7 cm³/mol. The molecule has 0 unspecified atom stereocenters. The quantitative estimate of drug-likeness (QED) is 0.629. The number of carbonyl (C=O) groups excluding carboxylic acids is 3. The molecule has 7 nitrogen and oxygen atoms in total. The number of hydrazine groups is 1. The highest BCUT2D eigenvalue weighted by Crippen LogP contribution is 2.23. The first-order chi connectivity index (χ1) is 12.5. The second-order valence-corrected chi connectivity index (χ2v) is 5.99. The van der Waals surface area contributed by atoms with Crippen LogP contribution in [0.2, 0.25) is 0 Å². The largest absolute Gasteiger partial charge is 0.497 e. The lowest BCUT2D eigenvalue weighted by atomic mass is 10.2. The molecule has 0 radical (unpaired) electrons. The Morgan fingerprint density at radius 3 is 2.35 bits per heavy atom. The standard InChI is InChI=1S/C19H19N3O4/c1-12-3-7-14(8-4-12)22-17(23)11-16(19(22)25)20-21-18(24)13-5-9-15(26-2)10-6-13/h3-10,16,20H,11H2,1-2H3,(H,21,24)/t16-/m1/s1. The van der Waals surface area contributed by atoms with Gasteiger partial charge in [-0.05, 0) is 43.3 Å². The molecule has 0 aliphatic carbocycles. The Kier molecular flexibility index (Phi) is 4.99. The van der Waals surface area contributed by atoms with Gasteiger partial charge in [0.15, 0.2) is 0 Å². The summed E-state index contributed by atoms with van der Waals surface area (Å²) in [5.41, 5.74) is 7.11. The van der Waals surface area contributed by atoms with E-state index in [1.165, 1.54) is 0 Å². The highest BCUT2D eigenvalue weighted by molar-refractivity contribution is 6.22. The molecule has 2 aromatic rings. The van der Waals surface area contributed by atoms with Crippen LogP contribution in [0.4, 0.5) is 5.69 Å². The summed E-state index contributed by atoms with van der Waals surface area (Å²) in [6, 6.07) is 12.9. The molecular weight excluding hydrogens is 334 g/mol. The number of carbonyl (C=O) groups is 3. The van der Waals surface area contributed by atoms with Gasteiger partial charge in [0.1, 0.15) is 11.8 Å². The normalized spacial score (nSPS) is 16.7. The van der Waals surface area contributed by atoms with Gasteiger partial charge in [0, 0.05) is 5.56 Å². The first-order valence-electron chi connectivity index (χ1n) is 8.13. The lowest BCUT2D eigenvalue weighted by molar-refractivity contribution is -0.121. The molecule has 1 saturated heterocycles. The van der Waals surface area contributed by atoms with E-state index in [9.17, 15) is 14.4 Å². The zero-order chi connectivity index (χ0) is 18.7. The van der Waals surface area contributed by atoms with E-state index in [1.54, 1.807) is 43.5 Å². The van der Waals surface area contributed by atoms with Gasteiger partial charge >= 0.3 is 0 Å². The minimum absolute atomic E-state index is 0.0183. The van der Waals surface area contributed by atoms with Crippen molar-refractivity contribution in [3.05, 3.63) is 59.7 Å². The number of nitrogens with zero attached hydrogens (tertiary/aromatic N) is 1. The third-order valence-corrected chi connectivity index (χ3v) is 4.15. The van der Waals surface area contributed by atoms with E-state index in [0.717, 1.165) is 10.5 Å². The number of anilines is 1. The molecule has 2 aromatic carbocycles. The average molecular weight is 353 g/mol. The molecule has 134 valence electrons. The molecular formula is C19H19N3O4. The van der Waals surface area contributed by atoms with Crippen LogP contribution in [0.5, 0.6) is 5.75 Å². The molecule has 1 fully saturated rings. The summed E-state index contributed by atoms with van der Waals surface area (Å²) >= 11 is 0. The van der Waals surface area contributed by atoms with Crippen LogP contribution in [-0.2, 0) is 9.59 Å². The highest BCUT2D eigenvalue weighted by atomic mass is 16.5. The van der Waals surface area contributed by atoms with Crippen LogP contribution in [-0.4, -0.2) is 30.9 Å². The van der Waals surface area contributed by atoms with Crippen molar-refractivity contribution in [3.8, 4) is 5.75 Å². The van der Waals surface area contributed by atoms with Crippen molar-refractivity contribution < 1.29 is 19.1 Å². The number of benzene rings is 2. The minimum Gasteiger partial charge on any atom is -0.497 e. The number of nitrogens with one attached hydrogen (secondary N) is 2. The molecule has 1 heterocycles. The van der Waals surface area contributed by atoms with Crippen molar-refractivity contribution in [1.82, 2.24) is 10.9 Å². The molecule has 0 bridgehead atoms. The Labute approximate surface area is 150 Å². The van der Waals surface area contributed by atoms with Crippen molar-refractivity contribution in [1.29, 1.82) is 0 Å². The summed E-state index contributed by atoms with van der Waals surface area (Å²) in [5, 5.41) is 0. The number of hydrogen-bond acceptors (Lipinski definition) is 5. The van der Waals surface area contributed by atoms with Crippen molar-refractivity contribution in [2.45, 2.75) is 19.4 Å². The van der Waals surface area contributed by atoms with Crippen molar-refractivity contribution in [2.75, 3.05) is 12.0 Å². The fraction of sp³-hybridized carbons (Fsp3) is 0.211. The second-order valence-electron chi connectivity index (χ2n) is 5.99. The van der Waals surface area contributed by atoms with Crippen LogP contribution < -0.4 is 20.5 Å². The van der Waals surface area contributed by atoms with Gasteiger partial charge in [-0.25, -0.2) is 10.3 Å². The highest BCUT2D eigenvalue weighted by Gasteiger charge is 2.39. The summed E-state index contributed by atoms with van der Waals surface area (Å²) in [4.78, 5) is 38.0. The van der Waals surface area contributed by atoms with E-state index in [2.05, 4.69) is 10.9 Å². The average Bonchev–Trinajstić information content (AvgIpc) is 2.94.